The van der Waals surface area contributed by atoms with Crippen LogP contribution < -0.4 is 0 Å². The van der Waals surface area contributed by atoms with E-state index in [0.717, 1.165) is 30.4 Å². The molecule has 6 nitrogen and oxygen atoms in total. The molecule has 1 amide bonds. The van der Waals surface area contributed by atoms with Gasteiger partial charge in [0.25, 0.3) is 5.91 Å². The van der Waals surface area contributed by atoms with E-state index in [2.05, 4.69) is 12.1 Å². The first kappa shape index (κ1) is 22.3. The zero-order chi connectivity index (χ0) is 22.6. The standard InChI is InChI=1S/C25H29N3O3S/c1-26-20-23(32(30,31)28-15-8-9-16-28)18-24(26)25(29)27(19-22-12-6-3-7-13-22)17-14-21-10-4-2-5-11-21/h2-7,10-13,18,20H,8-9,14-17,19H2,1H3. The fourth-order valence-corrected chi connectivity index (χ4v) is 5.68. The number of rotatable bonds is 8. The summed E-state index contributed by atoms with van der Waals surface area (Å²) in [5.74, 6) is -0.171. The topological polar surface area (TPSA) is 62.6 Å². The average molecular weight is 452 g/mol. The lowest BCUT2D eigenvalue weighted by Gasteiger charge is -2.23. The van der Waals surface area contributed by atoms with Crippen LogP contribution in [0.3, 0.4) is 0 Å². The molecule has 0 spiro atoms. The highest BCUT2D eigenvalue weighted by atomic mass is 32.2. The largest absolute Gasteiger partial charge is 0.345 e. The molecule has 1 aliphatic heterocycles. The van der Waals surface area contributed by atoms with E-state index in [4.69, 9.17) is 0 Å². The molecule has 2 aromatic carbocycles. The summed E-state index contributed by atoms with van der Waals surface area (Å²) < 4.78 is 29.1. The molecule has 1 aliphatic rings. The fraction of sp³-hybridized carbons (Fsp3) is 0.320. The third-order valence-electron chi connectivity index (χ3n) is 5.92. The van der Waals surface area contributed by atoms with Crippen molar-refractivity contribution >= 4 is 15.9 Å². The van der Waals surface area contributed by atoms with Crippen molar-refractivity contribution in [2.45, 2.75) is 30.7 Å². The van der Waals surface area contributed by atoms with Crippen molar-refractivity contribution in [3.05, 3.63) is 89.7 Å². The first-order chi connectivity index (χ1) is 15.4. The van der Waals surface area contributed by atoms with Gasteiger partial charge in [0, 0.05) is 39.4 Å². The maximum atomic E-state index is 13.5. The second kappa shape index (κ2) is 9.71. The van der Waals surface area contributed by atoms with Gasteiger partial charge in [0.15, 0.2) is 0 Å². The van der Waals surface area contributed by atoms with Crippen molar-refractivity contribution in [3.8, 4) is 0 Å². The molecule has 0 N–H and O–H groups in total. The lowest BCUT2D eigenvalue weighted by atomic mass is 10.1. The van der Waals surface area contributed by atoms with Crippen molar-refractivity contribution < 1.29 is 13.2 Å². The number of carbonyl (C=O) groups excluding carboxylic acids is 1. The van der Waals surface area contributed by atoms with Crippen LogP contribution in [0, 0.1) is 0 Å². The number of hydrogen-bond acceptors (Lipinski definition) is 3. The maximum Gasteiger partial charge on any atom is 0.270 e. The van der Waals surface area contributed by atoms with Gasteiger partial charge in [0.05, 0.1) is 0 Å². The van der Waals surface area contributed by atoms with Crippen LogP contribution in [0.15, 0.2) is 77.8 Å². The first-order valence-electron chi connectivity index (χ1n) is 11.0. The average Bonchev–Trinajstić information content (AvgIpc) is 3.48. The van der Waals surface area contributed by atoms with E-state index < -0.39 is 10.0 Å². The Morgan fingerprint density at radius 1 is 0.938 bits per heavy atom. The molecule has 2 heterocycles. The molecule has 0 atom stereocenters. The van der Waals surface area contributed by atoms with Gasteiger partial charge in [0.2, 0.25) is 10.0 Å². The van der Waals surface area contributed by atoms with Gasteiger partial charge in [-0.15, -0.1) is 0 Å². The third-order valence-corrected chi connectivity index (χ3v) is 7.78. The molecule has 3 aromatic rings. The summed E-state index contributed by atoms with van der Waals surface area (Å²) in [5, 5.41) is 0. The summed E-state index contributed by atoms with van der Waals surface area (Å²) in [5.41, 5.74) is 2.57. The number of benzene rings is 2. The fourth-order valence-electron chi connectivity index (χ4n) is 4.09. The van der Waals surface area contributed by atoms with Gasteiger partial charge in [-0.2, -0.15) is 4.31 Å². The molecular weight excluding hydrogens is 422 g/mol. The van der Waals surface area contributed by atoms with Crippen LogP contribution >= 0.6 is 0 Å². The zero-order valence-corrected chi connectivity index (χ0v) is 19.2. The third kappa shape index (κ3) is 4.95. The van der Waals surface area contributed by atoms with Gasteiger partial charge >= 0.3 is 0 Å². The highest BCUT2D eigenvalue weighted by Gasteiger charge is 2.30. The van der Waals surface area contributed by atoms with Gasteiger partial charge in [-0.3, -0.25) is 4.79 Å². The summed E-state index contributed by atoms with van der Waals surface area (Å²) in [6, 6.07) is 21.4. The Kier molecular flexibility index (Phi) is 6.77. The molecular formula is C25H29N3O3S. The van der Waals surface area contributed by atoms with Crippen molar-refractivity contribution in [1.29, 1.82) is 0 Å². The summed E-state index contributed by atoms with van der Waals surface area (Å²) >= 11 is 0. The van der Waals surface area contributed by atoms with E-state index in [1.165, 1.54) is 10.4 Å². The van der Waals surface area contributed by atoms with Crippen molar-refractivity contribution in [2.24, 2.45) is 7.05 Å². The van der Waals surface area contributed by atoms with Gasteiger partial charge in [0.1, 0.15) is 10.6 Å². The second-order valence-electron chi connectivity index (χ2n) is 8.23. The van der Waals surface area contributed by atoms with E-state index in [1.54, 1.807) is 22.7 Å². The number of amides is 1. The highest BCUT2D eigenvalue weighted by Crippen LogP contribution is 2.23. The van der Waals surface area contributed by atoms with Gasteiger partial charge in [-0.25, -0.2) is 8.42 Å². The lowest BCUT2D eigenvalue weighted by molar-refractivity contribution is 0.0735. The quantitative estimate of drug-likeness (QED) is 0.525. The lowest BCUT2D eigenvalue weighted by Crippen LogP contribution is -2.33. The number of sulfonamides is 1. The summed E-state index contributed by atoms with van der Waals surface area (Å²) in [6.07, 6.45) is 4.03. The number of aryl methyl sites for hydroxylation is 1. The van der Waals surface area contributed by atoms with Crippen LogP contribution in [0.2, 0.25) is 0 Å². The molecule has 0 saturated carbocycles. The summed E-state index contributed by atoms with van der Waals surface area (Å²) in [7, 11) is -1.84. The van der Waals surface area contributed by atoms with Gasteiger partial charge in [-0.05, 0) is 36.5 Å². The van der Waals surface area contributed by atoms with Crippen LogP contribution in [-0.4, -0.2) is 47.7 Å². The Hall–Kier alpha value is -2.90. The summed E-state index contributed by atoms with van der Waals surface area (Å²) in [6.45, 7) is 2.08. The molecule has 0 aliphatic carbocycles. The number of nitrogens with zero attached hydrogens (tertiary/aromatic N) is 3. The minimum atomic E-state index is -3.57. The van der Waals surface area contributed by atoms with Crippen molar-refractivity contribution in [2.75, 3.05) is 19.6 Å². The maximum absolute atomic E-state index is 13.5. The monoisotopic (exact) mass is 451 g/mol. The minimum Gasteiger partial charge on any atom is -0.345 e. The smallest absolute Gasteiger partial charge is 0.270 e. The zero-order valence-electron chi connectivity index (χ0n) is 18.4. The van der Waals surface area contributed by atoms with Crippen LogP contribution in [-0.2, 0) is 30.0 Å². The Balaban J connectivity index is 1.59. The molecule has 0 radical (unpaired) electrons. The second-order valence-corrected chi connectivity index (χ2v) is 10.2. The molecule has 1 saturated heterocycles. The number of carbonyl (C=O) groups is 1. The number of hydrogen-bond donors (Lipinski definition) is 0. The van der Waals surface area contributed by atoms with E-state index in [9.17, 15) is 13.2 Å². The normalized spacial score (nSPS) is 14.5. The van der Waals surface area contributed by atoms with Crippen LogP contribution in [0.5, 0.6) is 0 Å². The van der Waals surface area contributed by atoms with E-state index in [-0.39, 0.29) is 10.8 Å². The van der Waals surface area contributed by atoms with E-state index in [0.29, 0.717) is 31.9 Å². The molecule has 168 valence electrons. The Bertz CT molecular complexity index is 1150. The molecule has 1 fully saturated rings. The van der Waals surface area contributed by atoms with Gasteiger partial charge < -0.3 is 9.47 Å². The van der Waals surface area contributed by atoms with Crippen molar-refractivity contribution in [3.63, 3.8) is 0 Å². The molecule has 0 bridgehead atoms. The first-order valence-corrected chi connectivity index (χ1v) is 12.4. The van der Waals surface area contributed by atoms with Crippen molar-refractivity contribution in [1.82, 2.24) is 13.8 Å². The van der Waals surface area contributed by atoms with Crippen LogP contribution in [0.25, 0.3) is 0 Å². The SMILES string of the molecule is Cn1cc(S(=O)(=O)N2CCCC2)cc1C(=O)N(CCc1ccccc1)Cc1ccccc1. The van der Waals surface area contributed by atoms with Crippen LogP contribution in [0.1, 0.15) is 34.5 Å². The Morgan fingerprint density at radius 2 is 1.53 bits per heavy atom. The molecule has 32 heavy (non-hydrogen) atoms. The number of aromatic nitrogens is 1. The molecule has 0 unspecified atom stereocenters. The molecule has 7 heteroatoms. The summed E-state index contributed by atoms with van der Waals surface area (Å²) in [4.78, 5) is 15.5. The van der Waals surface area contributed by atoms with Gasteiger partial charge in [-0.1, -0.05) is 60.7 Å². The minimum absolute atomic E-state index is 0.171. The van der Waals surface area contributed by atoms with Crippen LogP contribution in [0.4, 0.5) is 0 Å². The van der Waals surface area contributed by atoms with E-state index >= 15 is 0 Å². The van der Waals surface area contributed by atoms with E-state index in [1.807, 2.05) is 48.5 Å². The predicted molar refractivity (Wildman–Crippen MR) is 125 cm³/mol. The molecule has 4 rings (SSSR count). The highest BCUT2D eigenvalue weighted by molar-refractivity contribution is 7.89. The Labute approximate surface area is 190 Å². The predicted octanol–water partition coefficient (Wildman–Crippen LogP) is 3.69. The Morgan fingerprint density at radius 3 is 2.16 bits per heavy atom. The molecule has 1 aromatic heterocycles.